The molecule has 26 heavy (non-hydrogen) atoms. The van der Waals surface area contributed by atoms with Gasteiger partial charge in [0.1, 0.15) is 13.2 Å². The summed E-state index contributed by atoms with van der Waals surface area (Å²) in [6, 6.07) is 5.49. The minimum Gasteiger partial charge on any atom is -0.493 e. The summed E-state index contributed by atoms with van der Waals surface area (Å²) >= 11 is 0. The van der Waals surface area contributed by atoms with Crippen molar-refractivity contribution >= 4 is 6.03 Å². The highest BCUT2D eigenvalue weighted by atomic mass is 16.5. The number of rotatable bonds is 6. The minimum absolute atomic E-state index is 0.106. The Morgan fingerprint density at radius 1 is 1.42 bits per heavy atom. The largest absolute Gasteiger partial charge is 0.493 e. The van der Waals surface area contributed by atoms with Crippen LogP contribution in [0.1, 0.15) is 31.1 Å². The van der Waals surface area contributed by atoms with Crippen molar-refractivity contribution in [2.24, 2.45) is 0 Å². The highest BCUT2D eigenvalue weighted by Crippen LogP contribution is 2.34. The number of para-hydroxylation sites is 1. The van der Waals surface area contributed by atoms with E-state index in [0.29, 0.717) is 43.5 Å². The van der Waals surface area contributed by atoms with Crippen LogP contribution in [0.25, 0.3) is 0 Å². The quantitative estimate of drug-likeness (QED) is 0.849. The number of carbonyl (C=O) groups is 1. The molecule has 1 aliphatic rings. The van der Waals surface area contributed by atoms with Gasteiger partial charge >= 0.3 is 6.03 Å². The van der Waals surface area contributed by atoms with Crippen LogP contribution in [0.3, 0.4) is 0 Å². The van der Waals surface area contributed by atoms with Crippen molar-refractivity contribution in [1.82, 2.24) is 20.4 Å². The number of ether oxygens (including phenoxy) is 2. The first kappa shape index (κ1) is 18.0. The minimum atomic E-state index is -0.177. The van der Waals surface area contributed by atoms with Crippen LogP contribution in [0.2, 0.25) is 0 Å². The molecule has 8 heteroatoms. The van der Waals surface area contributed by atoms with Crippen molar-refractivity contribution in [2.75, 3.05) is 20.3 Å². The van der Waals surface area contributed by atoms with E-state index in [1.165, 1.54) is 0 Å². The third-order valence-corrected chi connectivity index (χ3v) is 4.32. The number of aromatic nitrogens is 2. The van der Waals surface area contributed by atoms with Crippen LogP contribution in [-0.4, -0.2) is 47.4 Å². The Bertz CT molecular complexity index is 761. The number of amides is 2. The monoisotopic (exact) mass is 360 g/mol. The zero-order valence-corrected chi connectivity index (χ0v) is 15.3. The Labute approximate surface area is 152 Å². The SMILES string of the molecule is CCc1noc(CN(CC)C(=O)NC2COc3c(cccc3OC)C2)n1. The summed E-state index contributed by atoms with van der Waals surface area (Å²) in [6.45, 7) is 5.08. The van der Waals surface area contributed by atoms with Gasteiger partial charge in [0.2, 0.25) is 5.89 Å². The van der Waals surface area contributed by atoms with Gasteiger partial charge in [-0.1, -0.05) is 24.2 Å². The standard InChI is InChI=1S/C18H24N4O4/c1-4-15-20-16(26-21-15)10-22(5-2)18(23)19-13-9-12-7-6-8-14(24-3)17(12)25-11-13/h6-8,13H,4-5,9-11H2,1-3H3,(H,19,23). The Morgan fingerprint density at radius 2 is 2.27 bits per heavy atom. The summed E-state index contributed by atoms with van der Waals surface area (Å²) < 4.78 is 16.3. The van der Waals surface area contributed by atoms with Gasteiger partial charge in [-0.2, -0.15) is 4.98 Å². The van der Waals surface area contributed by atoms with Crippen molar-refractivity contribution in [3.63, 3.8) is 0 Å². The van der Waals surface area contributed by atoms with E-state index in [0.717, 1.165) is 11.3 Å². The number of benzene rings is 1. The van der Waals surface area contributed by atoms with Gasteiger partial charge in [0, 0.05) is 18.5 Å². The lowest BCUT2D eigenvalue weighted by Crippen LogP contribution is -2.48. The van der Waals surface area contributed by atoms with E-state index in [2.05, 4.69) is 15.5 Å². The summed E-state index contributed by atoms with van der Waals surface area (Å²) in [5.74, 6) is 2.55. The molecule has 1 unspecified atom stereocenters. The van der Waals surface area contributed by atoms with Crippen LogP contribution in [-0.2, 0) is 19.4 Å². The van der Waals surface area contributed by atoms with Crippen molar-refractivity contribution in [2.45, 2.75) is 39.3 Å². The summed E-state index contributed by atoms with van der Waals surface area (Å²) in [5, 5.41) is 6.88. The van der Waals surface area contributed by atoms with E-state index < -0.39 is 0 Å². The average molecular weight is 360 g/mol. The molecule has 8 nitrogen and oxygen atoms in total. The molecule has 0 saturated carbocycles. The number of nitrogens with one attached hydrogen (secondary N) is 1. The van der Waals surface area contributed by atoms with Crippen LogP contribution in [0.15, 0.2) is 22.7 Å². The number of aryl methyl sites for hydroxylation is 1. The zero-order chi connectivity index (χ0) is 18.5. The summed E-state index contributed by atoms with van der Waals surface area (Å²) in [6.07, 6.45) is 1.39. The molecule has 1 aromatic heterocycles. The molecular weight excluding hydrogens is 336 g/mol. The maximum Gasteiger partial charge on any atom is 0.318 e. The fourth-order valence-corrected chi connectivity index (χ4v) is 2.90. The van der Waals surface area contributed by atoms with Crippen molar-refractivity contribution < 1.29 is 18.8 Å². The number of nitrogens with zero attached hydrogens (tertiary/aromatic N) is 3. The molecule has 2 heterocycles. The van der Waals surface area contributed by atoms with Crippen LogP contribution < -0.4 is 14.8 Å². The van der Waals surface area contributed by atoms with Crippen molar-refractivity contribution in [3.05, 3.63) is 35.5 Å². The number of carbonyl (C=O) groups excluding carboxylic acids is 1. The van der Waals surface area contributed by atoms with Gasteiger partial charge in [-0.05, 0) is 19.4 Å². The summed E-state index contributed by atoms with van der Waals surface area (Å²) in [5.41, 5.74) is 1.02. The summed E-state index contributed by atoms with van der Waals surface area (Å²) in [4.78, 5) is 18.5. The number of methoxy groups -OCH3 is 1. The average Bonchev–Trinajstić information content (AvgIpc) is 3.13. The summed E-state index contributed by atoms with van der Waals surface area (Å²) in [7, 11) is 1.62. The molecule has 140 valence electrons. The lowest BCUT2D eigenvalue weighted by Gasteiger charge is -2.29. The number of urea groups is 1. The maximum atomic E-state index is 12.6. The number of hydrogen-bond acceptors (Lipinski definition) is 6. The zero-order valence-electron chi connectivity index (χ0n) is 15.3. The number of fused-ring (bicyclic) bond motifs is 1. The van der Waals surface area contributed by atoms with Gasteiger partial charge < -0.3 is 24.2 Å². The second-order valence-electron chi connectivity index (χ2n) is 6.08. The first-order chi connectivity index (χ1) is 12.6. The maximum absolute atomic E-state index is 12.6. The van der Waals surface area contributed by atoms with Gasteiger partial charge in [-0.25, -0.2) is 4.79 Å². The molecular formula is C18H24N4O4. The van der Waals surface area contributed by atoms with Crippen molar-refractivity contribution in [3.8, 4) is 11.5 Å². The normalized spacial score (nSPS) is 15.7. The van der Waals surface area contributed by atoms with Crippen LogP contribution in [0.4, 0.5) is 4.79 Å². The van der Waals surface area contributed by atoms with Gasteiger partial charge in [0.05, 0.1) is 13.2 Å². The molecule has 2 amide bonds. The molecule has 1 atom stereocenters. The van der Waals surface area contributed by atoms with E-state index in [9.17, 15) is 4.79 Å². The molecule has 1 N–H and O–H groups in total. The molecule has 0 radical (unpaired) electrons. The highest BCUT2D eigenvalue weighted by Gasteiger charge is 2.26. The second kappa shape index (κ2) is 8.07. The van der Waals surface area contributed by atoms with Gasteiger partial charge in [-0.3, -0.25) is 0 Å². The lowest BCUT2D eigenvalue weighted by molar-refractivity contribution is 0.173. The van der Waals surface area contributed by atoms with Crippen LogP contribution in [0.5, 0.6) is 11.5 Å². The molecule has 0 bridgehead atoms. The molecule has 3 rings (SSSR count). The fourth-order valence-electron chi connectivity index (χ4n) is 2.90. The Hall–Kier alpha value is -2.77. The Kier molecular flexibility index (Phi) is 5.60. The van der Waals surface area contributed by atoms with Crippen LogP contribution >= 0.6 is 0 Å². The lowest BCUT2D eigenvalue weighted by atomic mass is 10.0. The predicted octanol–water partition coefficient (Wildman–Crippen LogP) is 2.18. The van der Waals surface area contributed by atoms with Crippen molar-refractivity contribution in [1.29, 1.82) is 0 Å². The van der Waals surface area contributed by atoms with Gasteiger partial charge in [0.15, 0.2) is 17.3 Å². The Balaban J connectivity index is 1.61. The molecule has 0 spiro atoms. The molecule has 2 aromatic rings. The molecule has 1 aliphatic heterocycles. The van der Waals surface area contributed by atoms with E-state index in [1.54, 1.807) is 12.0 Å². The number of hydrogen-bond donors (Lipinski definition) is 1. The van der Waals surface area contributed by atoms with Gasteiger partial charge in [0.25, 0.3) is 0 Å². The van der Waals surface area contributed by atoms with E-state index in [4.69, 9.17) is 14.0 Å². The predicted molar refractivity (Wildman–Crippen MR) is 94.3 cm³/mol. The smallest absolute Gasteiger partial charge is 0.318 e. The second-order valence-corrected chi connectivity index (χ2v) is 6.08. The molecule has 0 saturated heterocycles. The van der Waals surface area contributed by atoms with E-state index in [1.807, 2.05) is 32.0 Å². The highest BCUT2D eigenvalue weighted by molar-refractivity contribution is 5.74. The molecule has 0 aliphatic carbocycles. The molecule has 0 fully saturated rings. The topological polar surface area (TPSA) is 89.7 Å². The third kappa shape index (κ3) is 3.89. The van der Waals surface area contributed by atoms with E-state index in [-0.39, 0.29) is 18.6 Å². The third-order valence-electron chi connectivity index (χ3n) is 4.32. The van der Waals surface area contributed by atoms with Crippen LogP contribution in [0, 0.1) is 0 Å². The first-order valence-electron chi connectivity index (χ1n) is 8.80. The van der Waals surface area contributed by atoms with E-state index >= 15 is 0 Å². The van der Waals surface area contributed by atoms with Gasteiger partial charge in [-0.15, -0.1) is 0 Å². The fraction of sp³-hybridized carbons (Fsp3) is 0.500. The first-order valence-corrected chi connectivity index (χ1v) is 8.80. The molecule has 1 aromatic carbocycles. The Morgan fingerprint density at radius 3 is 2.96 bits per heavy atom.